The molecule has 1 atom stereocenters. The highest BCUT2D eigenvalue weighted by Gasteiger charge is 2.22. The van der Waals surface area contributed by atoms with Gasteiger partial charge in [0.25, 0.3) is 5.56 Å². The van der Waals surface area contributed by atoms with E-state index < -0.39 is 0 Å². The molecule has 4 aromatic rings. The second-order valence-electron chi connectivity index (χ2n) is 6.96. The topological polar surface area (TPSA) is 73.3 Å². The van der Waals surface area contributed by atoms with E-state index in [0.29, 0.717) is 26.6 Å². The molecule has 30 heavy (non-hydrogen) atoms. The Kier molecular flexibility index (Phi) is 5.40. The summed E-state index contributed by atoms with van der Waals surface area (Å²) >= 11 is 6.52. The van der Waals surface area contributed by atoms with Gasteiger partial charge in [-0.15, -0.1) is 6.58 Å². The lowest BCUT2D eigenvalue weighted by Crippen LogP contribution is -2.35. The summed E-state index contributed by atoms with van der Waals surface area (Å²) in [4.78, 5) is 31.7. The summed E-state index contributed by atoms with van der Waals surface area (Å²) in [7, 11) is 1.70. The molecule has 1 amide bonds. The molecule has 9 heteroatoms. The molecule has 0 fully saturated rings. The number of likely N-dealkylation sites (N-methyl/N-ethyl adjacent to an activating group) is 1. The molecule has 0 spiro atoms. The van der Waals surface area contributed by atoms with Crippen LogP contribution in [0.3, 0.4) is 0 Å². The monoisotopic (exact) mass is 440 g/mol. The lowest BCUT2D eigenvalue weighted by Gasteiger charge is -2.23. The molecule has 7 nitrogen and oxygen atoms in total. The largest absolute Gasteiger partial charge is 0.459 e. The summed E-state index contributed by atoms with van der Waals surface area (Å²) < 4.78 is 9.93. The van der Waals surface area contributed by atoms with Gasteiger partial charge in [0, 0.05) is 19.0 Å². The van der Waals surface area contributed by atoms with Gasteiger partial charge in [0.15, 0.2) is 9.60 Å². The van der Waals surface area contributed by atoms with Gasteiger partial charge in [0.05, 0.1) is 6.04 Å². The lowest BCUT2D eigenvalue weighted by atomic mass is 10.2. The van der Waals surface area contributed by atoms with Crippen LogP contribution >= 0.6 is 23.6 Å². The summed E-state index contributed by atoms with van der Waals surface area (Å²) in [6.45, 7) is 5.96. The van der Waals surface area contributed by atoms with Crippen molar-refractivity contribution in [1.82, 2.24) is 19.0 Å². The molecule has 1 aromatic carbocycles. The van der Waals surface area contributed by atoms with Gasteiger partial charge in [-0.1, -0.05) is 35.6 Å². The van der Waals surface area contributed by atoms with E-state index in [1.54, 1.807) is 22.6 Å². The number of rotatable bonds is 6. The lowest BCUT2D eigenvalue weighted by molar-refractivity contribution is -0.132. The summed E-state index contributed by atoms with van der Waals surface area (Å²) in [6.07, 6.45) is 3.09. The average molecular weight is 441 g/mol. The first kappa shape index (κ1) is 20.2. The van der Waals surface area contributed by atoms with Crippen molar-refractivity contribution in [3.63, 3.8) is 0 Å². The number of hydrogen-bond acceptors (Lipinski definition) is 6. The predicted molar refractivity (Wildman–Crippen MR) is 120 cm³/mol. The molecular weight excluding hydrogens is 420 g/mol. The maximum absolute atomic E-state index is 12.9. The zero-order valence-electron chi connectivity index (χ0n) is 16.6. The van der Waals surface area contributed by atoms with Crippen molar-refractivity contribution in [2.24, 2.45) is 0 Å². The molecule has 154 valence electrons. The number of carbonyl (C=O) groups excluding carboxylic acids is 1. The SMILES string of the molecule is C=CCn1c(=S)sc2c(=O)n(CC(=O)N(C)C(C)c3cc4ccccc4o3)cnc21. The number of thiazole rings is 1. The average Bonchev–Trinajstić information content (AvgIpc) is 3.31. The fourth-order valence-corrected chi connectivity index (χ4v) is 4.56. The van der Waals surface area contributed by atoms with E-state index in [-0.39, 0.29) is 24.1 Å². The normalized spacial score (nSPS) is 12.3. The Morgan fingerprint density at radius 3 is 2.93 bits per heavy atom. The third-order valence-electron chi connectivity index (χ3n) is 5.09. The molecule has 0 N–H and O–H groups in total. The fraction of sp³-hybridized carbons (Fsp3) is 0.238. The van der Waals surface area contributed by atoms with Crippen LogP contribution in [0.1, 0.15) is 18.7 Å². The van der Waals surface area contributed by atoms with Crippen LogP contribution in [0.15, 0.2) is 58.5 Å². The molecule has 4 rings (SSSR count). The Balaban J connectivity index is 1.59. The van der Waals surface area contributed by atoms with Gasteiger partial charge in [0.1, 0.15) is 28.9 Å². The van der Waals surface area contributed by atoms with Gasteiger partial charge in [-0.2, -0.15) is 0 Å². The number of allylic oxidation sites excluding steroid dienone is 1. The van der Waals surface area contributed by atoms with Gasteiger partial charge < -0.3 is 13.9 Å². The second-order valence-corrected chi connectivity index (χ2v) is 8.61. The summed E-state index contributed by atoms with van der Waals surface area (Å²) in [5.41, 5.74) is 1.01. The van der Waals surface area contributed by atoms with Crippen LogP contribution in [0.5, 0.6) is 0 Å². The van der Waals surface area contributed by atoms with E-state index in [1.165, 1.54) is 22.2 Å². The molecule has 0 aliphatic heterocycles. The first-order valence-corrected chi connectivity index (χ1v) is 10.6. The minimum atomic E-state index is -0.284. The van der Waals surface area contributed by atoms with E-state index in [4.69, 9.17) is 16.6 Å². The maximum Gasteiger partial charge on any atom is 0.273 e. The van der Waals surface area contributed by atoms with Crippen molar-refractivity contribution >= 4 is 50.8 Å². The molecule has 3 aromatic heterocycles. The maximum atomic E-state index is 12.9. The van der Waals surface area contributed by atoms with Crippen molar-refractivity contribution in [1.29, 1.82) is 0 Å². The number of benzene rings is 1. The minimum Gasteiger partial charge on any atom is -0.459 e. The van der Waals surface area contributed by atoms with Crippen molar-refractivity contribution in [2.45, 2.75) is 26.1 Å². The van der Waals surface area contributed by atoms with Crippen LogP contribution in [0.2, 0.25) is 0 Å². The summed E-state index contributed by atoms with van der Waals surface area (Å²) in [5.74, 6) is 0.466. The van der Waals surface area contributed by atoms with E-state index in [0.717, 1.165) is 11.0 Å². The molecule has 0 aliphatic carbocycles. The van der Waals surface area contributed by atoms with Gasteiger partial charge in [-0.25, -0.2) is 4.98 Å². The molecule has 0 saturated carbocycles. The zero-order valence-corrected chi connectivity index (χ0v) is 18.2. The Bertz CT molecular complexity index is 1350. The molecule has 3 heterocycles. The number of nitrogens with zero attached hydrogens (tertiary/aromatic N) is 4. The van der Waals surface area contributed by atoms with Gasteiger partial charge in [-0.05, 0) is 31.3 Å². The highest BCUT2D eigenvalue weighted by molar-refractivity contribution is 7.73. The smallest absolute Gasteiger partial charge is 0.273 e. The number of hydrogen-bond donors (Lipinski definition) is 0. The molecule has 0 radical (unpaired) electrons. The van der Waals surface area contributed by atoms with Crippen LogP contribution in [0.4, 0.5) is 0 Å². The van der Waals surface area contributed by atoms with Crippen LogP contribution < -0.4 is 5.56 Å². The van der Waals surface area contributed by atoms with Crippen LogP contribution in [-0.2, 0) is 17.9 Å². The van der Waals surface area contributed by atoms with Gasteiger partial charge in [-0.3, -0.25) is 14.2 Å². The van der Waals surface area contributed by atoms with Crippen molar-refractivity contribution in [2.75, 3.05) is 7.05 Å². The molecular formula is C21H20N4O3S2. The molecule has 0 bridgehead atoms. The first-order valence-electron chi connectivity index (χ1n) is 9.34. The van der Waals surface area contributed by atoms with Crippen LogP contribution in [0, 0.1) is 3.95 Å². The first-order chi connectivity index (χ1) is 14.4. The third-order valence-corrected chi connectivity index (χ3v) is 6.52. The van der Waals surface area contributed by atoms with Gasteiger partial charge in [0.2, 0.25) is 5.91 Å². The number of furan rings is 1. The summed E-state index contributed by atoms with van der Waals surface area (Å²) in [6, 6.07) is 9.34. The number of amides is 1. The number of fused-ring (bicyclic) bond motifs is 2. The predicted octanol–water partition coefficient (Wildman–Crippen LogP) is 4.14. The van der Waals surface area contributed by atoms with Crippen molar-refractivity contribution < 1.29 is 9.21 Å². The third kappa shape index (κ3) is 3.50. The Hall–Kier alpha value is -3.04. The Morgan fingerprint density at radius 2 is 2.20 bits per heavy atom. The number of aromatic nitrogens is 3. The molecule has 0 aliphatic rings. The van der Waals surface area contributed by atoms with Crippen LogP contribution in [0.25, 0.3) is 21.3 Å². The van der Waals surface area contributed by atoms with E-state index in [1.807, 2.05) is 37.3 Å². The number of carbonyl (C=O) groups is 1. The Morgan fingerprint density at radius 1 is 1.43 bits per heavy atom. The van der Waals surface area contributed by atoms with E-state index >= 15 is 0 Å². The van der Waals surface area contributed by atoms with Gasteiger partial charge >= 0.3 is 0 Å². The quantitative estimate of drug-likeness (QED) is 0.333. The zero-order chi connectivity index (χ0) is 21.4. The van der Waals surface area contributed by atoms with E-state index in [9.17, 15) is 9.59 Å². The standard InChI is InChI=1S/C21H20N4O3S2/c1-4-9-25-19-18(30-21(25)29)20(27)24(12-22-19)11-17(26)23(3)13(2)16-10-14-7-5-6-8-15(14)28-16/h4-8,10,12-13H,1,9,11H2,2-3H3. The fourth-order valence-electron chi connectivity index (χ4n) is 3.25. The number of para-hydroxylation sites is 1. The molecule has 0 saturated heterocycles. The highest BCUT2D eigenvalue weighted by atomic mass is 32.1. The minimum absolute atomic E-state index is 0.116. The van der Waals surface area contributed by atoms with E-state index in [2.05, 4.69) is 11.6 Å². The second kappa shape index (κ2) is 8.00. The van der Waals surface area contributed by atoms with Crippen molar-refractivity contribution in [3.05, 3.63) is 69.4 Å². The molecule has 1 unspecified atom stereocenters. The highest BCUT2D eigenvalue weighted by Crippen LogP contribution is 2.26. The van der Waals surface area contributed by atoms with Crippen molar-refractivity contribution in [3.8, 4) is 0 Å². The Labute approximate surface area is 181 Å². The summed E-state index contributed by atoms with van der Waals surface area (Å²) in [5, 5.41) is 0.983. The van der Waals surface area contributed by atoms with Crippen LogP contribution in [-0.4, -0.2) is 32.0 Å².